The van der Waals surface area contributed by atoms with Crippen LogP contribution >= 0.6 is 23.4 Å². The fourth-order valence-electron chi connectivity index (χ4n) is 5.52. The van der Waals surface area contributed by atoms with Crippen LogP contribution in [0, 0.1) is 0 Å². The highest BCUT2D eigenvalue weighted by molar-refractivity contribution is 7.99. The van der Waals surface area contributed by atoms with Crippen molar-refractivity contribution in [2.24, 2.45) is 0 Å². The van der Waals surface area contributed by atoms with Gasteiger partial charge in [0.1, 0.15) is 24.1 Å². The smallest absolute Gasteiger partial charge is 0.253 e. The zero-order valence-electron chi connectivity index (χ0n) is 26.5. The van der Waals surface area contributed by atoms with E-state index in [2.05, 4.69) is 28.5 Å². The molecule has 47 heavy (non-hydrogen) atoms. The Hall–Kier alpha value is -2.74. The van der Waals surface area contributed by atoms with E-state index >= 15 is 0 Å². The van der Waals surface area contributed by atoms with Gasteiger partial charge in [0.05, 0.1) is 12.7 Å². The maximum absolute atomic E-state index is 12.5. The number of para-hydroxylation sites is 1. The lowest BCUT2D eigenvalue weighted by Gasteiger charge is -2.28. The third-order valence-electron chi connectivity index (χ3n) is 8.76. The van der Waals surface area contributed by atoms with Gasteiger partial charge in [-0.1, -0.05) is 29.8 Å². The van der Waals surface area contributed by atoms with E-state index in [0.29, 0.717) is 30.6 Å². The number of ether oxygens (including phenoxy) is 1. The molecule has 4 unspecified atom stereocenters. The fourth-order valence-corrected chi connectivity index (χ4v) is 6.68. The number of hydrogen-bond acceptors (Lipinski definition) is 10. The zero-order chi connectivity index (χ0) is 33.6. The monoisotopic (exact) mass is 685 g/mol. The third kappa shape index (κ3) is 9.04. The van der Waals surface area contributed by atoms with Crippen molar-refractivity contribution in [2.45, 2.75) is 86.0 Å². The zero-order valence-corrected chi connectivity index (χ0v) is 28.0. The van der Waals surface area contributed by atoms with Gasteiger partial charge in [-0.15, -0.1) is 11.8 Å². The summed E-state index contributed by atoms with van der Waals surface area (Å²) in [6.45, 7) is 0.136. The number of amides is 1. The van der Waals surface area contributed by atoms with E-state index in [1.165, 1.54) is 11.9 Å². The predicted octanol–water partition coefficient (Wildman–Crippen LogP) is 3.49. The molecule has 12 heteroatoms. The van der Waals surface area contributed by atoms with E-state index < -0.39 is 36.9 Å². The first-order chi connectivity index (χ1) is 22.6. The molecular formula is C35H44ClN3O7S. The number of halogens is 1. The Bertz CT molecular complexity index is 1510. The van der Waals surface area contributed by atoms with Crippen molar-refractivity contribution in [1.29, 1.82) is 0 Å². The maximum Gasteiger partial charge on any atom is 0.253 e. The summed E-state index contributed by atoms with van der Waals surface area (Å²) in [5, 5.41) is 52.8. The molecule has 1 aromatic heterocycles. The van der Waals surface area contributed by atoms with Crippen LogP contribution in [0.4, 0.5) is 0 Å². The number of hydrogen-bond donors (Lipinski definition) is 6. The quantitative estimate of drug-likeness (QED) is 0.0866. The second kappa shape index (κ2) is 16.1. The molecule has 0 spiro atoms. The molecule has 0 saturated heterocycles. The normalized spacial score (nSPS) is 17.9. The first kappa shape index (κ1) is 35.6. The average Bonchev–Trinajstić information content (AvgIpc) is 4.04. The molecule has 2 aliphatic rings. The lowest BCUT2D eigenvalue weighted by molar-refractivity contribution is -0.157. The van der Waals surface area contributed by atoms with Crippen LogP contribution in [0.25, 0.3) is 11.1 Å². The summed E-state index contributed by atoms with van der Waals surface area (Å²) in [6.07, 6.45) is 2.43. The highest BCUT2D eigenvalue weighted by Crippen LogP contribution is 2.50. The summed E-state index contributed by atoms with van der Waals surface area (Å²) in [5.41, 5.74) is 4.21. The molecule has 2 saturated carbocycles. The number of thioether (sulfide) groups is 1. The Labute approximate surface area is 284 Å². The number of aliphatic hydroxyl groups excluding tert-OH is 5. The minimum Gasteiger partial charge on any atom is -0.490 e. The number of rotatable bonds is 18. The van der Waals surface area contributed by atoms with Crippen LogP contribution in [0.15, 0.2) is 65.8 Å². The van der Waals surface area contributed by atoms with Gasteiger partial charge in [-0.3, -0.25) is 9.78 Å². The lowest BCUT2D eigenvalue weighted by atomic mass is 9.94. The van der Waals surface area contributed by atoms with E-state index in [-0.39, 0.29) is 5.54 Å². The molecule has 1 amide bonds. The van der Waals surface area contributed by atoms with Crippen LogP contribution in [-0.4, -0.2) is 97.8 Å². The molecule has 6 N–H and O–H groups in total. The number of benzene rings is 2. The number of carbonyl (C=O) groups excluding carboxylic acids is 1. The van der Waals surface area contributed by atoms with Gasteiger partial charge < -0.3 is 40.5 Å². The first-order valence-electron chi connectivity index (χ1n) is 16.1. The van der Waals surface area contributed by atoms with Gasteiger partial charge >= 0.3 is 0 Å². The van der Waals surface area contributed by atoms with Gasteiger partial charge in [0.15, 0.2) is 6.10 Å². The molecule has 5 rings (SSSR count). The summed E-state index contributed by atoms with van der Waals surface area (Å²) in [7, 11) is 1.50. The van der Waals surface area contributed by atoms with Gasteiger partial charge in [-0.2, -0.15) is 0 Å². The van der Waals surface area contributed by atoms with E-state index in [9.17, 15) is 25.2 Å². The van der Waals surface area contributed by atoms with Gasteiger partial charge in [-0.25, -0.2) is 0 Å². The number of aliphatic hydroxyl groups is 5. The van der Waals surface area contributed by atoms with Gasteiger partial charge in [-0.05, 0) is 91.3 Å². The average molecular weight is 686 g/mol. The Morgan fingerprint density at radius 3 is 2.57 bits per heavy atom. The second-order valence-electron chi connectivity index (χ2n) is 12.4. The van der Waals surface area contributed by atoms with Gasteiger partial charge in [0.25, 0.3) is 5.91 Å². The molecule has 2 fully saturated rings. The second-order valence-corrected chi connectivity index (χ2v) is 14.0. The molecule has 0 radical (unpaired) electrons. The fraction of sp³-hybridized carbons (Fsp3) is 0.486. The summed E-state index contributed by atoms with van der Waals surface area (Å²) >= 11 is 8.33. The number of nitrogens with one attached hydrogen (secondary N) is 1. The molecule has 3 aromatic rings. The SMILES string of the molecule is CN(CCCCSc1ccc(Cl)c(CNC2(c3cnccc3-c3ccccc3OC3CC3)CC2)c1)C(=O)C(O)C(O)C(O)C(O)CO. The van der Waals surface area contributed by atoms with Gasteiger partial charge in [0, 0.05) is 53.6 Å². The van der Waals surface area contributed by atoms with Crippen molar-refractivity contribution in [3.8, 4) is 16.9 Å². The van der Waals surface area contributed by atoms with E-state index in [1.54, 1.807) is 11.8 Å². The number of aromatic nitrogens is 1. The van der Waals surface area contributed by atoms with E-state index in [0.717, 1.165) is 70.8 Å². The molecule has 2 aliphatic carbocycles. The largest absolute Gasteiger partial charge is 0.490 e. The minimum absolute atomic E-state index is 0.188. The van der Waals surface area contributed by atoms with Gasteiger partial charge in [0.2, 0.25) is 0 Å². The van der Waals surface area contributed by atoms with Crippen LogP contribution in [0.5, 0.6) is 5.75 Å². The first-order valence-corrected chi connectivity index (χ1v) is 17.4. The number of nitrogens with zero attached hydrogens (tertiary/aromatic N) is 2. The molecule has 0 bridgehead atoms. The van der Waals surface area contributed by atoms with Crippen LogP contribution in [0.3, 0.4) is 0 Å². The van der Waals surface area contributed by atoms with E-state index in [4.69, 9.17) is 21.4 Å². The highest BCUT2D eigenvalue weighted by Gasteiger charge is 2.46. The Morgan fingerprint density at radius 2 is 1.85 bits per heavy atom. The van der Waals surface area contributed by atoms with Crippen LogP contribution in [0.1, 0.15) is 49.7 Å². The van der Waals surface area contributed by atoms with Crippen LogP contribution < -0.4 is 10.1 Å². The molecular weight excluding hydrogens is 642 g/mol. The van der Waals surface area contributed by atoms with Crippen molar-refractivity contribution < 1.29 is 35.1 Å². The number of unbranched alkanes of at least 4 members (excludes halogenated alkanes) is 1. The standard InChI is InChI=1S/C35H44ClN3O7S/c1-39(34(45)33(44)32(43)31(42)29(41)21-40)16-4-5-17-47-24-10-11-28(36)22(18-24)19-38-35(13-14-35)27-20-37-15-12-25(27)26-6-2-3-7-30(26)46-23-8-9-23/h2-3,6-7,10-12,15,18,20,23,29,31-33,38,40-44H,4-5,8-9,13-14,16-17,19,21H2,1H3. The van der Waals surface area contributed by atoms with Crippen molar-refractivity contribution in [3.63, 3.8) is 0 Å². The van der Waals surface area contributed by atoms with Crippen molar-refractivity contribution >= 4 is 29.3 Å². The van der Waals surface area contributed by atoms with Crippen LogP contribution in [0.2, 0.25) is 5.02 Å². The summed E-state index contributed by atoms with van der Waals surface area (Å²) in [6, 6.07) is 16.3. The maximum atomic E-state index is 12.5. The highest BCUT2D eigenvalue weighted by atomic mass is 35.5. The molecule has 1 heterocycles. The van der Waals surface area contributed by atoms with Crippen molar-refractivity contribution in [1.82, 2.24) is 15.2 Å². The Balaban J connectivity index is 1.13. The lowest BCUT2D eigenvalue weighted by Crippen LogP contribution is -2.52. The molecule has 10 nitrogen and oxygen atoms in total. The number of likely N-dealkylation sites (N-methyl/N-ethyl adjacent to an activating group) is 1. The van der Waals surface area contributed by atoms with Crippen molar-refractivity contribution in [2.75, 3.05) is 26.0 Å². The summed E-state index contributed by atoms with van der Waals surface area (Å²) in [4.78, 5) is 19.3. The Morgan fingerprint density at radius 1 is 1.09 bits per heavy atom. The summed E-state index contributed by atoms with van der Waals surface area (Å²) < 4.78 is 6.24. The van der Waals surface area contributed by atoms with E-state index in [1.807, 2.05) is 42.7 Å². The van der Waals surface area contributed by atoms with Crippen LogP contribution in [-0.2, 0) is 16.9 Å². The molecule has 0 aliphatic heterocycles. The predicted molar refractivity (Wildman–Crippen MR) is 181 cm³/mol. The van der Waals surface area contributed by atoms with Crippen molar-refractivity contribution in [3.05, 3.63) is 77.1 Å². The summed E-state index contributed by atoms with van der Waals surface area (Å²) in [5.74, 6) is 0.941. The third-order valence-corrected chi connectivity index (χ3v) is 10.2. The molecule has 4 atom stereocenters. The molecule has 2 aromatic carbocycles. The number of pyridine rings is 1. The topological polar surface area (TPSA) is 156 Å². The number of carbonyl (C=O) groups is 1. The minimum atomic E-state index is -1.92. The Kier molecular flexibility index (Phi) is 12.2. The molecule has 254 valence electrons.